The van der Waals surface area contributed by atoms with E-state index in [2.05, 4.69) is 5.73 Å². The Labute approximate surface area is 130 Å². The van der Waals surface area contributed by atoms with Crippen LogP contribution in [0.25, 0.3) is 0 Å². The quantitative estimate of drug-likeness (QED) is 0.873. The highest BCUT2D eigenvalue weighted by Gasteiger charge is 2.30. The minimum Gasteiger partial charge on any atom is -0.493 e. The number of rotatable bonds is 6. The van der Waals surface area contributed by atoms with Gasteiger partial charge >= 0.3 is 0 Å². The highest BCUT2D eigenvalue weighted by atomic mass is 32.2. The molecule has 22 heavy (non-hydrogen) atoms. The summed E-state index contributed by atoms with van der Waals surface area (Å²) in [4.78, 5) is 0.290. The Hall–Kier alpha value is -2.05. The van der Waals surface area contributed by atoms with Gasteiger partial charge in [-0.05, 0) is 29.8 Å². The summed E-state index contributed by atoms with van der Waals surface area (Å²) in [5, 5.41) is -0.727. The van der Waals surface area contributed by atoms with Gasteiger partial charge in [-0.25, -0.2) is 8.42 Å². The third kappa shape index (κ3) is 3.08. The Morgan fingerprint density at radius 1 is 1.00 bits per heavy atom. The second-order valence-electron chi connectivity index (χ2n) is 4.75. The number of benzene rings is 2. The minimum atomic E-state index is -3.51. The molecule has 118 valence electrons. The first-order valence-electron chi connectivity index (χ1n) is 6.84. The molecule has 5 nitrogen and oxygen atoms in total. The lowest BCUT2D eigenvalue weighted by molar-refractivity contribution is -0.367. The molecule has 0 aliphatic carbocycles. The van der Waals surface area contributed by atoms with Crippen molar-refractivity contribution in [1.82, 2.24) is 0 Å². The zero-order valence-electron chi connectivity index (χ0n) is 12.7. The van der Waals surface area contributed by atoms with E-state index in [0.29, 0.717) is 22.0 Å². The maximum absolute atomic E-state index is 12.8. The van der Waals surface area contributed by atoms with Crippen LogP contribution in [0.1, 0.15) is 10.8 Å². The van der Waals surface area contributed by atoms with Gasteiger partial charge in [0, 0.05) is 0 Å². The lowest BCUT2D eigenvalue weighted by Crippen LogP contribution is -2.54. The van der Waals surface area contributed by atoms with Gasteiger partial charge in [0.25, 0.3) is 0 Å². The van der Waals surface area contributed by atoms with Gasteiger partial charge in [0.1, 0.15) is 5.25 Å². The van der Waals surface area contributed by atoms with Crippen LogP contribution in [0.3, 0.4) is 0 Å². The monoisotopic (exact) mass is 322 g/mol. The van der Waals surface area contributed by atoms with Gasteiger partial charge in [0.15, 0.2) is 21.3 Å². The summed E-state index contributed by atoms with van der Waals surface area (Å²) in [6.45, 7) is 0.229. The van der Waals surface area contributed by atoms with Crippen molar-refractivity contribution in [2.24, 2.45) is 0 Å². The molecule has 0 radical (unpaired) electrons. The van der Waals surface area contributed by atoms with Crippen molar-refractivity contribution < 1.29 is 23.6 Å². The fraction of sp³-hybridized carbons (Fsp3) is 0.250. The first kappa shape index (κ1) is 16.3. The number of ether oxygens (including phenoxy) is 2. The third-order valence-electron chi connectivity index (χ3n) is 3.49. The summed E-state index contributed by atoms with van der Waals surface area (Å²) in [5.41, 5.74) is 4.44. The molecule has 0 bridgehead atoms. The van der Waals surface area contributed by atoms with Gasteiger partial charge in [-0.15, -0.1) is 0 Å². The van der Waals surface area contributed by atoms with E-state index in [9.17, 15) is 8.42 Å². The predicted molar refractivity (Wildman–Crippen MR) is 83.7 cm³/mol. The summed E-state index contributed by atoms with van der Waals surface area (Å²) >= 11 is 0. The van der Waals surface area contributed by atoms with E-state index in [0.717, 1.165) is 0 Å². The molecule has 0 saturated heterocycles. The Morgan fingerprint density at radius 2 is 1.64 bits per heavy atom. The van der Waals surface area contributed by atoms with E-state index in [4.69, 9.17) is 9.47 Å². The topological polar surface area (TPSA) is 80.2 Å². The normalized spacial score (nSPS) is 12.7. The van der Waals surface area contributed by atoms with E-state index < -0.39 is 15.1 Å². The lowest BCUT2D eigenvalue weighted by Gasteiger charge is -2.16. The van der Waals surface area contributed by atoms with Gasteiger partial charge in [-0.2, -0.15) is 0 Å². The number of quaternary nitrogens is 1. The molecule has 2 rings (SSSR count). The van der Waals surface area contributed by atoms with E-state index in [1.807, 2.05) is 0 Å². The van der Waals surface area contributed by atoms with Crippen molar-refractivity contribution in [3.63, 3.8) is 0 Å². The fourth-order valence-electron chi connectivity index (χ4n) is 2.33. The molecule has 1 atom stereocenters. The lowest BCUT2D eigenvalue weighted by atomic mass is 10.1. The summed E-state index contributed by atoms with van der Waals surface area (Å²) in [7, 11) is -0.448. The van der Waals surface area contributed by atoms with Crippen molar-refractivity contribution in [3.05, 3.63) is 54.1 Å². The Kier molecular flexibility index (Phi) is 5.05. The van der Waals surface area contributed by atoms with Crippen LogP contribution in [-0.4, -0.2) is 29.2 Å². The van der Waals surface area contributed by atoms with Crippen LogP contribution >= 0.6 is 0 Å². The largest absolute Gasteiger partial charge is 0.493 e. The molecule has 0 aromatic heterocycles. The predicted octanol–water partition coefficient (Wildman–Crippen LogP) is 1.46. The number of sulfone groups is 1. The average Bonchev–Trinajstić information content (AvgIpc) is 2.56. The summed E-state index contributed by atoms with van der Waals surface area (Å²) in [5.74, 6) is 1.06. The van der Waals surface area contributed by atoms with Gasteiger partial charge in [-0.3, -0.25) is 0 Å². The van der Waals surface area contributed by atoms with E-state index in [-0.39, 0.29) is 6.54 Å². The Balaban J connectivity index is 2.49. The highest BCUT2D eigenvalue weighted by molar-refractivity contribution is 7.91. The van der Waals surface area contributed by atoms with Gasteiger partial charge in [-0.1, -0.05) is 24.3 Å². The second-order valence-corrected chi connectivity index (χ2v) is 6.88. The Bertz CT molecular complexity index is 729. The number of hydrogen-bond acceptors (Lipinski definition) is 4. The first-order valence-corrected chi connectivity index (χ1v) is 8.39. The van der Waals surface area contributed by atoms with Gasteiger partial charge in [0.2, 0.25) is 0 Å². The van der Waals surface area contributed by atoms with E-state index in [1.165, 1.54) is 14.2 Å². The molecule has 0 saturated carbocycles. The number of methoxy groups -OCH3 is 2. The highest BCUT2D eigenvalue weighted by Crippen LogP contribution is 2.34. The molecule has 0 aliphatic rings. The smallest absolute Gasteiger partial charge is 0.190 e. The minimum absolute atomic E-state index is 0.229. The molecule has 0 unspecified atom stereocenters. The second kappa shape index (κ2) is 6.81. The Morgan fingerprint density at radius 3 is 2.18 bits per heavy atom. The maximum Gasteiger partial charge on any atom is 0.190 e. The molecule has 0 spiro atoms. The fourth-order valence-corrected chi connectivity index (χ4v) is 4.01. The average molecular weight is 322 g/mol. The molecule has 0 heterocycles. The molecule has 3 N–H and O–H groups in total. The maximum atomic E-state index is 12.8. The zero-order chi connectivity index (χ0) is 16.2. The summed E-state index contributed by atoms with van der Waals surface area (Å²) < 4.78 is 36.0. The molecule has 2 aromatic carbocycles. The summed E-state index contributed by atoms with van der Waals surface area (Å²) in [6, 6.07) is 13.5. The molecular formula is C16H20NO4S+. The van der Waals surface area contributed by atoms with Gasteiger partial charge < -0.3 is 15.2 Å². The SMILES string of the molecule is COc1ccc([C@H](C[NH3+])S(=O)(=O)c2ccccc2)cc1OC. The standard InChI is InChI=1S/C16H19NO4S/c1-20-14-9-8-12(10-15(14)21-2)16(11-17)22(18,19)13-6-4-3-5-7-13/h3-10,16H,11,17H2,1-2H3/p+1/t16-/m0/s1. The molecule has 2 aromatic rings. The van der Waals surface area contributed by atoms with Crippen LogP contribution in [-0.2, 0) is 9.84 Å². The van der Waals surface area contributed by atoms with Crippen molar-refractivity contribution in [2.45, 2.75) is 10.1 Å². The summed E-state index contributed by atoms with van der Waals surface area (Å²) in [6.07, 6.45) is 0. The molecule has 0 amide bonds. The molecule has 0 aliphatic heterocycles. The van der Waals surface area contributed by atoms with Crippen molar-refractivity contribution in [2.75, 3.05) is 20.8 Å². The van der Waals surface area contributed by atoms with Crippen LogP contribution in [0.5, 0.6) is 11.5 Å². The molecule has 0 fully saturated rings. The molecular weight excluding hydrogens is 302 g/mol. The van der Waals surface area contributed by atoms with E-state index in [1.54, 1.807) is 48.5 Å². The van der Waals surface area contributed by atoms with Crippen LogP contribution < -0.4 is 15.2 Å². The van der Waals surface area contributed by atoms with E-state index >= 15 is 0 Å². The third-order valence-corrected chi connectivity index (χ3v) is 5.67. The number of hydrogen-bond donors (Lipinski definition) is 1. The first-order chi connectivity index (χ1) is 10.5. The molecule has 6 heteroatoms. The van der Waals surface area contributed by atoms with Crippen LogP contribution in [0.2, 0.25) is 0 Å². The van der Waals surface area contributed by atoms with Crippen LogP contribution in [0, 0.1) is 0 Å². The van der Waals surface area contributed by atoms with Crippen molar-refractivity contribution in [1.29, 1.82) is 0 Å². The zero-order valence-corrected chi connectivity index (χ0v) is 13.5. The van der Waals surface area contributed by atoms with Crippen LogP contribution in [0.4, 0.5) is 0 Å². The van der Waals surface area contributed by atoms with Gasteiger partial charge in [0.05, 0.1) is 25.7 Å². The van der Waals surface area contributed by atoms with Crippen LogP contribution in [0.15, 0.2) is 53.4 Å². The van der Waals surface area contributed by atoms with Crippen molar-refractivity contribution in [3.8, 4) is 11.5 Å². The van der Waals surface area contributed by atoms with Crippen molar-refractivity contribution >= 4 is 9.84 Å².